The van der Waals surface area contributed by atoms with Crippen molar-refractivity contribution in [3.63, 3.8) is 0 Å². The van der Waals surface area contributed by atoms with Crippen LogP contribution in [0.25, 0.3) is 0 Å². The van der Waals surface area contributed by atoms with Crippen LogP contribution < -0.4 is 15.8 Å². The monoisotopic (exact) mass is 357 g/mol. The van der Waals surface area contributed by atoms with E-state index < -0.39 is 0 Å². The highest BCUT2D eigenvalue weighted by molar-refractivity contribution is 5.82. The van der Waals surface area contributed by atoms with Crippen LogP contribution in [0, 0.1) is 5.92 Å². The van der Waals surface area contributed by atoms with Crippen LogP contribution in [0.3, 0.4) is 0 Å². The molecule has 3 rings (SSSR count). The largest absolute Gasteiger partial charge is 0.504 e. The molecule has 1 aliphatic carbocycles. The first-order valence-corrected chi connectivity index (χ1v) is 8.71. The second-order valence-corrected chi connectivity index (χ2v) is 6.46. The van der Waals surface area contributed by atoms with Crippen molar-refractivity contribution >= 4 is 17.5 Å². The minimum atomic E-state index is -0.355. The SMILES string of the molecule is Nc1ccc(O)c(OCC(=O)NC2=CCC(C(=O)N3CCCC3)C=C2)c1. The van der Waals surface area contributed by atoms with Crippen LogP contribution in [0.4, 0.5) is 5.69 Å². The first-order chi connectivity index (χ1) is 12.5. The number of rotatable bonds is 5. The average molecular weight is 357 g/mol. The Kier molecular flexibility index (Phi) is 5.46. The number of nitrogens with one attached hydrogen (secondary N) is 1. The lowest BCUT2D eigenvalue weighted by molar-refractivity contribution is -0.132. The standard InChI is InChI=1S/C19H23N3O4/c20-14-5-8-16(23)17(11-14)26-12-18(24)21-15-6-3-13(4-7-15)19(25)22-9-1-2-10-22/h3,5-8,11,13,23H,1-2,4,9-10,12,20H2,(H,21,24). The van der Waals surface area contributed by atoms with Gasteiger partial charge in [0.2, 0.25) is 5.91 Å². The summed E-state index contributed by atoms with van der Waals surface area (Å²) in [6, 6.07) is 4.41. The number of benzene rings is 1. The van der Waals surface area contributed by atoms with Gasteiger partial charge in [-0.15, -0.1) is 0 Å². The molecular weight excluding hydrogens is 334 g/mol. The van der Waals surface area contributed by atoms with Crippen molar-refractivity contribution in [3.8, 4) is 11.5 Å². The minimum Gasteiger partial charge on any atom is -0.504 e. The molecule has 1 heterocycles. The second-order valence-electron chi connectivity index (χ2n) is 6.46. The van der Waals surface area contributed by atoms with E-state index >= 15 is 0 Å². The summed E-state index contributed by atoms with van der Waals surface area (Å²) < 4.78 is 5.29. The summed E-state index contributed by atoms with van der Waals surface area (Å²) in [4.78, 5) is 26.3. The van der Waals surface area contributed by atoms with E-state index in [0.717, 1.165) is 25.9 Å². The summed E-state index contributed by atoms with van der Waals surface area (Å²) in [5.41, 5.74) is 6.70. The summed E-state index contributed by atoms with van der Waals surface area (Å²) in [5, 5.41) is 12.4. The molecule has 1 unspecified atom stereocenters. The molecule has 0 radical (unpaired) electrons. The predicted molar refractivity (Wildman–Crippen MR) is 97.3 cm³/mol. The van der Waals surface area contributed by atoms with E-state index in [1.807, 2.05) is 17.1 Å². The lowest BCUT2D eigenvalue weighted by Crippen LogP contribution is -2.34. The van der Waals surface area contributed by atoms with E-state index in [9.17, 15) is 14.7 Å². The second kappa shape index (κ2) is 7.95. The summed E-state index contributed by atoms with van der Waals surface area (Å²) in [5.74, 6) is -0.279. The van der Waals surface area contributed by atoms with Gasteiger partial charge < -0.3 is 25.8 Å². The van der Waals surface area contributed by atoms with Gasteiger partial charge in [0, 0.05) is 30.5 Å². The fraction of sp³-hybridized carbons (Fsp3) is 0.368. The molecule has 4 N–H and O–H groups in total. The normalized spacial score (nSPS) is 19.2. The third-order valence-corrected chi connectivity index (χ3v) is 4.46. The highest BCUT2D eigenvalue weighted by atomic mass is 16.5. The van der Waals surface area contributed by atoms with Gasteiger partial charge >= 0.3 is 0 Å². The van der Waals surface area contributed by atoms with Crippen LogP contribution in [0.15, 0.2) is 42.1 Å². The number of phenolic OH excluding ortho intramolecular Hbond substituents is 1. The van der Waals surface area contributed by atoms with E-state index in [-0.39, 0.29) is 35.8 Å². The highest BCUT2D eigenvalue weighted by Crippen LogP contribution is 2.27. The number of ether oxygens (including phenoxy) is 1. The zero-order valence-corrected chi connectivity index (χ0v) is 14.5. The molecule has 138 valence electrons. The number of nitrogens with two attached hydrogens (primary N) is 1. The Bertz CT molecular complexity index is 751. The molecule has 1 aromatic rings. The summed E-state index contributed by atoms with van der Waals surface area (Å²) in [6.07, 6.45) is 8.13. The van der Waals surface area contributed by atoms with Gasteiger partial charge in [-0.1, -0.05) is 12.2 Å². The Labute approximate surface area is 152 Å². The summed E-state index contributed by atoms with van der Waals surface area (Å²) in [6.45, 7) is 1.42. The topological polar surface area (TPSA) is 105 Å². The van der Waals surface area contributed by atoms with Gasteiger partial charge in [-0.25, -0.2) is 0 Å². The van der Waals surface area contributed by atoms with Gasteiger partial charge in [-0.2, -0.15) is 0 Å². The molecule has 1 aliphatic heterocycles. The van der Waals surface area contributed by atoms with E-state index in [1.165, 1.54) is 12.1 Å². The van der Waals surface area contributed by atoms with Crippen molar-refractivity contribution < 1.29 is 19.4 Å². The quantitative estimate of drug-likeness (QED) is 0.548. The maximum absolute atomic E-state index is 12.4. The molecule has 0 aromatic heterocycles. The van der Waals surface area contributed by atoms with Crippen LogP contribution in [0.5, 0.6) is 11.5 Å². The van der Waals surface area contributed by atoms with Crippen LogP contribution in [0.2, 0.25) is 0 Å². The molecule has 0 spiro atoms. The number of nitrogens with zero attached hydrogens (tertiary/aromatic N) is 1. The van der Waals surface area contributed by atoms with Gasteiger partial charge in [-0.05, 0) is 37.5 Å². The van der Waals surface area contributed by atoms with Gasteiger partial charge in [0.1, 0.15) is 0 Å². The van der Waals surface area contributed by atoms with Crippen molar-refractivity contribution in [3.05, 3.63) is 42.1 Å². The first-order valence-electron chi connectivity index (χ1n) is 8.71. The van der Waals surface area contributed by atoms with Crippen molar-refractivity contribution in [2.45, 2.75) is 19.3 Å². The molecule has 7 heteroatoms. The molecule has 7 nitrogen and oxygen atoms in total. The molecule has 1 atom stereocenters. The number of carbonyl (C=O) groups is 2. The third kappa shape index (κ3) is 4.36. The maximum atomic E-state index is 12.4. The van der Waals surface area contributed by atoms with E-state index in [0.29, 0.717) is 17.8 Å². The molecule has 26 heavy (non-hydrogen) atoms. The smallest absolute Gasteiger partial charge is 0.262 e. The van der Waals surface area contributed by atoms with E-state index in [4.69, 9.17) is 10.5 Å². The zero-order chi connectivity index (χ0) is 18.5. The molecule has 2 aliphatic rings. The Hall–Kier alpha value is -2.96. The number of anilines is 1. The van der Waals surface area contributed by atoms with Crippen LogP contribution in [0.1, 0.15) is 19.3 Å². The van der Waals surface area contributed by atoms with Crippen LogP contribution in [-0.2, 0) is 9.59 Å². The zero-order valence-electron chi connectivity index (χ0n) is 14.5. The van der Waals surface area contributed by atoms with Gasteiger partial charge in [0.05, 0.1) is 5.92 Å². The number of phenols is 1. The number of carbonyl (C=O) groups excluding carboxylic acids is 2. The molecular formula is C19H23N3O4. The number of nitrogen functional groups attached to an aromatic ring is 1. The number of hydrogen-bond acceptors (Lipinski definition) is 5. The Morgan fingerprint density at radius 1 is 1.31 bits per heavy atom. The molecule has 1 saturated heterocycles. The van der Waals surface area contributed by atoms with Crippen molar-refractivity contribution in [2.24, 2.45) is 5.92 Å². The Morgan fingerprint density at radius 3 is 2.77 bits per heavy atom. The van der Waals surface area contributed by atoms with Crippen molar-refractivity contribution in [1.29, 1.82) is 0 Å². The number of amides is 2. The molecule has 0 bridgehead atoms. The van der Waals surface area contributed by atoms with Gasteiger partial charge in [0.15, 0.2) is 18.1 Å². The maximum Gasteiger partial charge on any atom is 0.262 e. The number of aromatic hydroxyl groups is 1. The predicted octanol–water partition coefficient (Wildman–Crippen LogP) is 1.55. The molecule has 1 aromatic carbocycles. The molecule has 1 fully saturated rings. The first kappa shape index (κ1) is 17.8. The van der Waals surface area contributed by atoms with Gasteiger partial charge in [0.25, 0.3) is 5.91 Å². The summed E-state index contributed by atoms with van der Waals surface area (Å²) in [7, 11) is 0. The number of allylic oxidation sites excluding steroid dienone is 2. The lowest BCUT2D eigenvalue weighted by atomic mass is 9.98. The Balaban J connectivity index is 1.47. The van der Waals surface area contributed by atoms with Crippen LogP contribution in [-0.4, -0.2) is 41.5 Å². The minimum absolute atomic E-state index is 0.0768. The summed E-state index contributed by atoms with van der Waals surface area (Å²) >= 11 is 0. The third-order valence-electron chi connectivity index (χ3n) is 4.46. The fourth-order valence-electron chi connectivity index (χ4n) is 3.05. The molecule has 0 saturated carbocycles. The van der Waals surface area contributed by atoms with E-state index in [1.54, 1.807) is 12.1 Å². The van der Waals surface area contributed by atoms with E-state index in [2.05, 4.69) is 5.32 Å². The van der Waals surface area contributed by atoms with Gasteiger partial charge in [-0.3, -0.25) is 9.59 Å². The average Bonchev–Trinajstić information content (AvgIpc) is 3.17. The number of likely N-dealkylation sites (tertiary alicyclic amines) is 1. The van der Waals surface area contributed by atoms with Crippen molar-refractivity contribution in [1.82, 2.24) is 10.2 Å². The Morgan fingerprint density at radius 2 is 2.08 bits per heavy atom. The molecule has 2 amide bonds. The lowest BCUT2D eigenvalue weighted by Gasteiger charge is -2.22. The van der Waals surface area contributed by atoms with Crippen molar-refractivity contribution in [2.75, 3.05) is 25.4 Å². The fourth-order valence-corrected chi connectivity index (χ4v) is 3.05. The van der Waals surface area contributed by atoms with Crippen LogP contribution >= 0.6 is 0 Å². The number of hydrogen-bond donors (Lipinski definition) is 3. The highest BCUT2D eigenvalue weighted by Gasteiger charge is 2.25.